The van der Waals surface area contributed by atoms with E-state index < -0.39 is 12.5 Å². The van der Waals surface area contributed by atoms with E-state index in [0.29, 0.717) is 10.8 Å². The highest BCUT2D eigenvalue weighted by Gasteiger charge is 2.16. The molecule has 0 aliphatic carbocycles. The average molecular weight is 328 g/mol. The van der Waals surface area contributed by atoms with E-state index in [0.717, 1.165) is 0 Å². The minimum absolute atomic E-state index is 0.120. The molecule has 0 fully saturated rings. The van der Waals surface area contributed by atoms with Crippen molar-refractivity contribution in [1.82, 2.24) is 0 Å². The maximum Gasteiger partial charge on any atom is 0.387 e. The number of para-hydroxylation sites is 2. The van der Waals surface area contributed by atoms with Crippen LogP contribution in [-0.4, -0.2) is 19.6 Å². The topological polar surface area (TPSA) is 47.6 Å². The maximum atomic E-state index is 12.4. The number of carbonyl (C=O) groups is 1. The van der Waals surface area contributed by atoms with Gasteiger partial charge in [-0.05, 0) is 30.3 Å². The number of carbonyl (C=O) groups excluding carboxylic acids is 1. The van der Waals surface area contributed by atoms with Gasteiger partial charge in [-0.1, -0.05) is 23.7 Å². The quantitative estimate of drug-likeness (QED) is 0.895. The van der Waals surface area contributed by atoms with Crippen molar-refractivity contribution in [2.45, 2.75) is 6.61 Å². The molecule has 22 heavy (non-hydrogen) atoms. The third-order valence-electron chi connectivity index (χ3n) is 2.76. The summed E-state index contributed by atoms with van der Waals surface area (Å²) in [5.74, 6) is -0.370. The summed E-state index contributed by atoms with van der Waals surface area (Å²) in [4.78, 5) is 12.3. The summed E-state index contributed by atoms with van der Waals surface area (Å²) in [6, 6.07) is 10.4. The number of alkyl halides is 2. The molecule has 2 aromatic rings. The van der Waals surface area contributed by atoms with E-state index in [-0.39, 0.29) is 17.0 Å². The lowest BCUT2D eigenvalue weighted by Crippen LogP contribution is -2.15. The summed E-state index contributed by atoms with van der Waals surface area (Å²) in [7, 11) is 1.41. The second-order valence-electron chi connectivity index (χ2n) is 4.17. The maximum absolute atomic E-state index is 12.4. The summed E-state index contributed by atoms with van der Waals surface area (Å²) in [6.07, 6.45) is 0. The third kappa shape index (κ3) is 3.85. The van der Waals surface area contributed by atoms with Crippen LogP contribution in [0.2, 0.25) is 5.02 Å². The van der Waals surface area contributed by atoms with E-state index in [4.69, 9.17) is 16.3 Å². The van der Waals surface area contributed by atoms with Gasteiger partial charge in [0.25, 0.3) is 5.91 Å². The van der Waals surface area contributed by atoms with Crippen molar-refractivity contribution >= 4 is 23.2 Å². The first-order valence-corrected chi connectivity index (χ1v) is 6.58. The second kappa shape index (κ2) is 7.09. The van der Waals surface area contributed by atoms with Gasteiger partial charge in [0.15, 0.2) is 0 Å². The van der Waals surface area contributed by atoms with Crippen molar-refractivity contribution in [3.63, 3.8) is 0 Å². The van der Waals surface area contributed by atoms with Crippen LogP contribution in [-0.2, 0) is 0 Å². The predicted octanol–water partition coefficient (Wildman–Crippen LogP) is 4.20. The Morgan fingerprint density at radius 3 is 2.59 bits per heavy atom. The Balaban J connectivity index is 2.28. The normalized spacial score (nSPS) is 10.4. The van der Waals surface area contributed by atoms with Crippen LogP contribution < -0.4 is 14.8 Å². The molecular formula is C15H12ClF2NO3. The molecule has 0 bridgehead atoms. The molecule has 7 heteroatoms. The van der Waals surface area contributed by atoms with Gasteiger partial charge in [0.2, 0.25) is 0 Å². The van der Waals surface area contributed by atoms with Crippen LogP contribution in [0.15, 0.2) is 42.5 Å². The molecule has 0 aliphatic rings. The lowest BCUT2D eigenvalue weighted by molar-refractivity contribution is -0.0493. The van der Waals surface area contributed by atoms with Crippen molar-refractivity contribution in [3.8, 4) is 11.5 Å². The van der Waals surface area contributed by atoms with Crippen molar-refractivity contribution in [2.24, 2.45) is 0 Å². The Bertz CT molecular complexity index is 680. The Kier molecular flexibility index (Phi) is 5.16. The third-order valence-corrected chi connectivity index (χ3v) is 2.99. The molecule has 0 heterocycles. The molecule has 0 aliphatic heterocycles. The lowest BCUT2D eigenvalue weighted by atomic mass is 10.1. The van der Waals surface area contributed by atoms with Crippen molar-refractivity contribution in [3.05, 3.63) is 53.1 Å². The van der Waals surface area contributed by atoms with Crippen LogP contribution in [0.3, 0.4) is 0 Å². The number of amides is 1. The fraction of sp³-hybridized carbons (Fsp3) is 0.133. The highest BCUT2D eigenvalue weighted by Crippen LogP contribution is 2.28. The molecule has 0 aromatic heterocycles. The van der Waals surface area contributed by atoms with E-state index >= 15 is 0 Å². The SMILES string of the molecule is COc1ccc(Cl)cc1C(=O)Nc1ccccc1OC(F)F. The van der Waals surface area contributed by atoms with Gasteiger partial charge in [-0.3, -0.25) is 4.79 Å². The molecule has 2 rings (SSSR count). The van der Waals surface area contributed by atoms with Crippen LogP contribution in [0.5, 0.6) is 11.5 Å². The van der Waals surface area contributed by atoms with Gasteiger partial charge in [0.1, 0.15) is 11.5 Å². The van der Waals surface area contributed by atoms with Crippen molar-refractivity contribution in [2.75, 3.05) is 12.4 Å². The standard InChI is InChI=1S/C15H12ClF2NO3/c1-21-12-7-6-9(16)8-10(12)14(20)19-11-4-2-3-5-13(11)22-15(17)18/h2-8,15H,1H3,(H,19,20). The molecule has 4 nitrogen and oxygen atoms in total. The molecule has 1 N–H and O–H groups in total. The van der Waals surface area contributed by atoms with E-state index in [1.807, 2.05) is 0 Å². The summed E-state index contributed by atoms with van der Waals surface area (Å²) in [5, 5.41) is 2.85. The Hall–Kier alpha value is -2.34. The molecule has 0 atom stereocenters. The molecule has 2 aromatic carbocycles. The minimum atomic E-state index is -2.99. The minimum Gasteiger partial charge on any atom is -0.496 e. The Morgan fingerprint density at radius 2 is 1.91 bits per heavy atom. The smallest absolute Gasteiger partial charge is 0.387 e. The molecule has 0 spiro atoms. The monoisotopic (exact) mass is 327 g/mol. The first-order chi connectivity index (χ1) is 10.5. The van der Waals surface area contributed by atoms with Gasteiger partial charge >= 0.3 is 6.61 Å². The Labute approximate surface area is 130 Å². The number of anilines is 1. The van der Waals surface area contributed by atoms with E-state index in [2.05, 4.69) is 10.1 Å². The largest absolute Gasteiger partial charge is 0.496 e. The molecule has 0 saturated heterocycles. The number of benzene rings is 2. The predicted molar refractivity (Wildman–Crippen MR) is 79.0 cm³/mol. The number of nitrogens with one attached hydrogen (secondary N) is 1. The average Bonchev–Trinajstić information content (AvgIpc) is 2.48. The molecule has 0 saturated carbocycles. The zero-order valence-corrected chi connectivity index (χ0v) is 12.2. The van der Waals surface area contributed by atoms with Gasteiger partial charge in [0.05, 0.1) is 18.4 Å². The van der Waals surface area contributed by atoms with Crippen LogP contribution in [0.25, 0.3) is 0 Å². The fourth-order valence-electron chi connectivity index (χ4n) is 1.82. The molecule has 1 amide bonds. The zero-order valence-electron chi connectivity index (χ0n) is 11.5. The van der Waals surface area contributed by atoms with Crippen LogP contribution >= 0.6 is 11.6 Å². The fourth-order valence-corrected chi connectivity index (χ4v) is 1.99. The summed E-state index contributed by atoms with van der Waals surface area (Å²) in [5.41, 5.74) is 0.302. The molecular weight excluding hydrogens is 316 g/mol. The molecule has 116 valence electrons. The molecule has 0 unspecified atom stereocenters. The highest BCUT2D eigenvalue weighted by molar-refractivity contribution is 6.31. The summed E-state index contributed by atoms with van der Waals surface area (Å²) in [6.45, 7) is -2.99. The Morgan fingerprint density at radius 1 is 1.18 bits per heavy atom. The number of hydrogen-bond acceptors (Lipinski definition) is 3. The molecule has 0 radical (unpaired) electrons. The van der Waals surface area contributed by atoms with Crippen LogP contribution in [0, 0.1) is 0 Å². The summed E-state index contributed by atoms with van der Waals surface area (Å²) >= 11 is 5.86. The van der Waals surface area contributed by atoms with Gasteiger partial charge < -0.3 is 14.8 Å². The first-order valence-electron chi connectivity index (χ1n) is 6.20. The number of hydrogen-bond donors (Lipinski definition) is 1. The van der Waals surface area contributed by atoms with Crippen LogP contribution in [0.4, 0.5) is 14.5 Å². The first kappa shape index (κ1) is 16.0. The van der Waals surface area contributed by atoms with E-state index in [1.165, 1.54) is 31.4 Å². The second-order valence-corrected chi connectivity index (χ2v) is 4.61. The number of methoxy groups -OCH3 is 1. The van der Waals surface area contributed by atoms with Gasteiger partial charge in [-0.2, -0.15) is 8.78 Å². The van der Waals surface area contributed by atoms with E-state index in [9.17, 15) is 13.6 Å². The van der Waals surface area contributed by atoms with Gasteiger partial charge in [0, 0.05) is 5.02 Å². The number of ether oxygens (including phenoxy) is 2. The van der Waals surface area contributed by atoms with Crippen molar-refractivity contribution < 1.29 is 23.0 Å². The van der Waals surface area contributed by atoms with Gasteiger partial charge in [-0.25, -0.2) is 0 Å². The van der Waals surface area contributed by atoms with E-state index in [1.54, 1.807) is 18.2 Å². The van der Waals surface area contributed by atoms with Crippen molar-refractivity contribution in [1.29, 1.82) is 0 Å². The number of halogens is 3. The number of rotatable bonds is 5. The highest BCUT2D eigenvalue weighted by atomic mass is 35.5. The van der Waals surface area contributed by atoms with Crippen LogP contribution in [0.1, 0.15) is 10.4 Å². The zero-order chi connectivity index (χ0) is 16.1. The summed E-state index contributed by atoms with van der Waals surface area (Å²) < 4.78 is 34.2. The lowest BCUT2D eigenvalue weighted by Gasteiger charge is -2.13. The van der Waals surface area contributed by atoms with Gasteiger partial charge in [-0.15, -0.1) is 0 Å².